The zero-order valence-electron chi connectivity index (χ0n) is 13.0. The standard InChI is InChI=1S/C15H22N2O4S/c1-3-15(18)16-12-7-8-13(21-2)14(11-12)22(19,20)17-9-5-4-6-10-17/h7-8,11H,3-6,9-10H2,1-2H3,(H,16,18). The highest BCUT2D eigenvalue weighted by Gasteiger charge is 2.29. The average molecular weight is 326 g/mol. The second-order valence-corrected chi connectivity index (χ2v) is 7.14. The maximum Gasteiger partial charge on any atom is 0.246 e. The van der Waals surface area contributed by atoms with Gasteiger partial charge in [-0.3, -0.25) is 4.79 Å². The van der Waals surface area contributed by atoms with Crippen molar-refractivity contribution in [1.82, 2.24) is 4.31 Å². The van der Waals surface area contributed by atoms with Crippen molar-refractivity contribution in [1.29, 1.82) is 0 Å². The molecule has 0 atom stereocenters. The van der Waals surface area contributed by atoms with Gasteiger partial charge in [0.2, 0.25) is 15.9 Å². The SMILES string of the molecule is CCC(=O)Nc1ccc(OC)c(S(=O)(=O)N2CCCCC2)c1. The number of rotatable bonds is 5. The molecule has 0 aromatic heterocycles. The fourth-order valence-corrected chi connectivity index (χ4v) is 4.15. The third-order valence-electron chi connectivity index (χ3n) is 3.70. The van der Waals surface area contributed by atoms with Crippen LogP contribution < -0.4 is 10.1 Å². The van der Waals surface area contributed by atoms with E-state index in [1.54, 1.807) is 19.1 Å². The number of nitrogens with zero attached hydrogens (tertiary/aromatic N) is 1. The molecule has 0 unspecified atom stereocenters. The third kappa shape index (κ3) is 3.59. The largest absolute Gasteiger partial charge is 0.495 e. The molecule has 0 radical (unpaired) electrons. The highest BCUT2D eigenvalue weighted by Crippen LogP contribution is 2.31. The number of methoxy groups -OCH3 is 1. The summed E-state index contributed by atoms with van der Waals surface area (Å²) in [5, 5.41) is 2.68. The van der Waals surface area contributed by atoms with Crippen LogP contribution in [-0.2, 0) is 14.8 Å². The molecule has 1 aromatic carbocycles. The first kappa shape index (κ1) is 16.8. The summed E-state index contributed by atoms with van der Waals surface area (Å²) in [7, 11) is -2.17. The zero-order valence-corrected chi connectivity index (χ0v) is 13.8. The third-order valence-corrected chi connectivity index (χ3v) is 5.62. The van der Waals surface area contributed by atoms with E-state index >= 15 is 0 Å². The summed E-state index contributed by atoms with van der Waals surface area (Å²) in [6.45, 7) is 2.79. The second-order valence-electron chi connectivity index (χ2n) is 5.23. The minimum absolute atomic E-state index is 0.103. The monoisotopic (exact) mass is 326 g/mol. The summed E-state index contributed by atoms with van der Waals surface area (Å²) in [5.41, 5.74) is 0.461. The summed E-state index contributed by atoms with van der Waals surface area (Å²) >= 11 is 0. The molecule has 1 aromatic rings. The molecule has 22 heavy (non-hydrogen) atoms. The first-order chi connectivity index (χ1) is 10.5. The van der Waals surface area contributed by atoms with E-state index in [4.69, 9.17) is 4.74 Å². The van der Waals surface area contributed by atoms with Crippen LogP contribution in [-0.4, -0.2) is 38.8 Å². The second kappa shape index (κ2) is 7.11. The molecule has 1 fully saturated rings. The molecule has 0 bridgehead atoms. The Labute approximate surface area is 131 Å². The first-order valence-corrected chi connectivity index (χ1v) is 8.91. The fourth-order valence-electron chi connectivity index (χ4n) is 2.45. The Hall–Kier alpha value is -1.60. The Kier molecular flexibility index (Phi) is 5.42. The van der Waals surface area contributed by atoms with Crippen molar-refractivity contribution in [3.8, 4) is 5.75 Å². The van der Waals surface area contributed by atoms with Gasteiger partial charge in [-0.05, 0) is 31.0 Å². The van der Waals surface area contributed by atoms with Crippen LogP contribution in [0.5, 0.6) is 5.75 Å². The zero-order chi connectivity index (χ0) is 16.2. The van der Waals surface area contributed by atoms with Crippen molar-refractivity contribution < 1.29 is 17.9 Å². The number of piperidine rings is 1. The van der Waals surface area contributed by atoms with Crippen LogP contribution in [0.15, 0.2) is 23.1 Å². The van der Waals surface area contributed by atoms with E-state index in [1.807, 2.05) is 0 Å². The number of carbonyl (C=O) groups is 1. The molecule has 1 aliphatic rings. The minimum Gasteiger partial charge on any atom is -0.495 e. The first-order valence-electron chi connectivity index (χ1n) is 7.47. The van der Waals surface area contributed by atoms with Gasteiger partial charge >= 0.3 is 0 Å². The van der Waals surface area contributed by atoms with E-state index in [1.165, 1.54) is 17.5 Å². The van der Waals surface area contributed by atoms with Gasteiger partial charge in [0.15, 0.2) is 0 Å². The number of ether oxygens (including phenoxy) is 1. The van der Waals surface area contributed by atoms with Crippen molar-refractivity contribution >= 4 is 21.6 Å². The number of carbonyl (C=O) groups excluding carboxylic acids is 1. The van der Waals surface area contributed by atoms with Crippen LogP contribution >= 0.6 is 0 Å². The van der Waals surface area contributed by atoms with Gasteiger partial charge in [-0.1, -0.05) is 13.3 Å². The number of hydrogen-bond acceptors (Lipinski definition) is 4. The number of nitrogens with one attached hydrogen (secondary N) is 1. The summed E-state index contributed by atoms with van der Waals surface area (Å²) in [5.74, 6) is 0.131. The Morgan fingerprint density at radius 2 is 1.95 bits per heavy atom. The molecule has 0 spiro atoms. The van der Waals surface area contributed by atoms with Crippen LogP contribution in [0.4, 0.5) is 5.69 Å². The van der Waals surface area contributed by atoms with Crippen molar-refractivity contribution in [3.63, 3.8) is 0 Å². The van der Waals surface area contributed by atoms with E-state index in [9.17, 15) is 13.2 Å². The van der Waals surface area contributed by atoms with Crippen molar-refractivity contribution in [2.24, 2.45) is 0 Å². The molecule has 6 nitrogen and oxygen atoms in total. The molecule has 1 aliphatic heterocycles. The summed E-state index contributed by atoms with van der Waals surface area (Å²) in [6.07, 6.45) is 3.12. The lowest BCUT2D eigenvalue weighted by Crippen LogP contribution is -2.35. The number of sulfonamides is 1. The topological polar surface area (TPSA) is 75.7 Å². The molecule has 0 aliphatic carbocycles. The molecule has 2 rings (SSSR count). The normalized spacial score (nSPS) is 16.3. The molecule has 1 heterocycles. The van der Waals surface area contributed by atoms with Crippen LogP contribution in [0.25, 0.3) is 0 Å². The maximum absolute atomic E-state index is 12.8. The van der Waals surface area contributed by atoms with Crippen molar-refractivity contribution in [3.05, 3.63) is 18.2 Å². The van der Waals surface area contributed by atoms with E-state index in [0.717, 1.165) is 19.3 Å². The van der Waals surface area contributed by atoms with E-state index in [0.29, 0.717) is 30.9 Å². The van der Waals surface area contributed by atoms with Crippen LogP contribution in [0.2, 0.25) is 0 Å². The molecule has 1 N–H and O–H groups in total. The Bertz CT molecular complexity index is 637. The number of amides is 1. The van der Waals surface area contributed by atoms with Crippen molar-refractivity contribution in [2.75, 3.05) is 25.5 Å². The smallest absolute Gasteiger partial charge is 0.246 e. The predicted octanol–water partition coefficient (Wildman–Crippen LogP) is 2.22. The number of hydrogen-bond donors (Lipinski definition) is 1. The molecule has 1 saturated heterocycles. The summed E-state index contributed by atoms with van der Waals surface area (Å²) in [4.78, 5) is 11.6. The maximum atomic E-state index is 12.8. The average Bonchev–Trinajstić information content (AvgIpc) is 2.55. The van der Waals surface area contributed by atoms with Gasteiger partial charge in [0.25, 0.3) is 0 Å². The fraction of sp³-hybridized carbons (Fsp3) is 0.533. The molecule has 7 heteroatoms. The number of anilines is 1. The van der Waals surface area contributed by atoms with Crippen LogP contribution in [0.1, 0.15) is 32.6 Å². The van der Waals surface area contributed by atoms with Crippen LogP contribution in [0.3, 0.4) is 0 Å². The van der Waals surface area contributed by atoms with Crippen molar-refractivity contribution in [2.45, 2.75) is 37.5 Å². The van der Waals surface area contributed by atoms with Crippen LogP contribution in [0, 0.1) is 0 Å². The van der Waals surface area contributed by atoms with Gasteiger partial charge in [-0.2, -0.15) is 4.31 Å². The summed E-state index contributed by atoms with van der Waals surface area (Å²) in [6, 6.07) is 4.68. The molecular formula is C15H22N2O4S. The molecule has 122 valence electrons. The van der Waals surface area contributed by atoms with E-state index < -0.39 is 10.0 Å². The molecule has 0 saturated carbocycles. The lowest BCUT2D eigenvalue weighted by molar-refractivity contribution is -0.115. The predicted molar refractivity (Wildman–Crippen MR) is 84.5 cm³/mol. The Morgan fingerprint density at radius 1 is 1.27 bits per heavy atom. The van der Waals surface area contributed by atoms with Gasteiger partial charge in [-0.15, -0.1) is 0 Å². The Balaban J connectivity index is 2.38. The molecular weight excluding hydrogens is 304 g/mol. The Morgan fingerprint density at radius 3 is 2.55 bits per heavy atom. The lowest BCUT2D eigenvalue weighted by Gasteiger charge is -2.26. The van der Waals surface area contributed by atoms with Gasteiger partial charge in [0, 0.05) is 25.2 Å². The highest BCUT2D eigenvalue weighted by molar-refractivity contribution is 7.89. The quantitative estimate of drug-likeness (QED) is 0.900. The number of benzene rings is 1. The lowest BCUT2D eigenvalue weighted by atomic mass is 10.2. The van der Waals surface area contributed by atoms with Gasteiger partial charge < -0.3 is 10.1 Å². The summed E-state index contributed by atoms with van der Waals surface area (Å²) < 4.78 is 32.3. The highest BCUT2D eigenvalue weighted by atomic mass is 32.2. The molecule has 1 amide bonds. The van der Waals surface area contributed by atoms with E-state index in [-0.39, 0.29) is 10.8 Å². The minimum atomic E-state index is -3.61. The van der Waals surface area contributed by atoms with Gasteiger partial charge in [-0.25, -0.2) is 8.42 Å². The van der Waals surface area contributed by atoms with Gasteiger partial charge in [0.1, 0.15) is 10.6 Å². The van der Waals surface area contributed by atoms with Gasteiger partial charge in [0.05, 0.1) is 7.11 Å². The van der Waals surface area contributed by atoms with E-state index in [2.05, 4.69) is 5.32 Å².